The quantitative estimate of drug-likeness (QED) is 0.827. The van der Waals surface area contributed by atoms with Crippen LogP contribution in [0.15, 0.2) is 36.5 Å². The normalized spacial score (nSPS) is 11.9. The summed E-state index contributed by atoms with van der Waals surface area (Å²) in [5.41, 5.74) is -2.15. The highest BCUT2D eigenvalue weighted by atomic mass is 19.4. The minimum absolute atomic E-state index is 0.171. The van der Waals surface area contributed by atoms with Crippen LogP contribution in [0.5, 0.6) is 0 Å². The number of hydrogen-bond donors (Lipinski definition) is 2. The third-order valence-corrected chi connectivity index (χ3v) is 3.43. The lowest BCUT2D eigenvalue weighted by Crippen LogP contribution is -2.32. The predicted molar refractivity (Wildman–Crippen MR) is 90.8 cm³/mol. The van der Waals surface area contributed by atoms with Crippen molar-refractivity contribution in [2.24, 2.45) is 0 Å². The molecule has 1 heterocycles. The lowest BCUT2D eigenvalue weighted by molar-refractivity contribution is -0.137. The van der Waals surface area contributed by atoms with E-state index in [1.54, 1.807) is 20.8 Å². The number of carbonyl (C=O) groups excluding carboxylic acids is 1. The van der Waals surface area contributed by atoms with Crippen molar-refractivity contribution in [1.82, 2.24) is 9.88 Å². The van der Waals surface area contributed by atoms with Gasteiger partial charge in [0.1, 0.15) is 11.3 Å². The number of rotatable bonds is 4. The summed E-state index contributed by atoms with van der Waals surface area (Å²) in [5, 5.41) is 11.5. The number of halogens is 3. The average molecular weight is 384 g/mol. The number of aromatic nitrogens is 1. The number of ether oxygens (including phenoxy) is 1. The van der Waals surface area contributed by atoms with E-state index in [9.17, 15) is 22.8 Å². The summed E-state index contributed by atoms with van der Waals surface area (Å²) >= 11 is 0. The van der Waals surface area contributed by atoms with E-state index in [4.69, 9.17) is 9.84 Å². The van der Waals surface area contributed by atoms with Gasteiger partial charge in [0, 0.05) is 12.7 Å². The van der Waals surface area contributed by atoms with E-state index in [-0.39, 0.29) is 23.5 Å². The molecule has 0 fully saturated rings. The molecule has 1 amide bonds. The minimum Gasteiger partial charge on any atom is -0.477 e. The molecule has 0 unspecified atom stereocenters. The molecule has 0 radical (unpaired) electrons. The molecular weight excluding hydrogens is 365 g/mol. The molecule has 146 valence electrons. The Hall–Kier alpha value is -2.97. The van der Waals surface area contributed by atoms with Crippen LogP contribution >= 0.6 is 0 Å². The highest BCUT2D eigenvalue weighted by molar-refractivity contribution is 5.86. The van der Waals surface area contributed by atoms with Crippen LogP contribution < -0.4 is 5.32 Å². The van der Waals surface area contributed by atoms with Crippen molar-refractivity contribution >= 4 is 12.1 Å². The van der Waals surface area contributed by atoms with Gasteiger partial charge in [-0.2, -0.15) is 13.2 Å². The fourth-order valence-electron chi connectivity index (χ4n) is 2.38. The molecule has 6 nitrogen and oxygen atoms in total. The van der Waals surface area contributed by atoms with E-state index in [1.165, 1.54) is 30.5 Å². The number of nitrogens with zero attached hydrogens (tertiary/aromatic N) is 1. The first-order chi connectivity index (χ1) is 12.4. The van der Waals surface area contributed by atoms with Crippen molar-refractivity contribution in [3.63, 3.8) is 0 Å². The molecule has 2 rings (SSSR count). The Labute approximate surface area is 153 Å². The highest BCUT2D eigenvalue weighted by Gasteiger charge is 2.35. The number of nitrogens with one attached hydrogen (secondary N) is 1. The number of alkyl halides is 3. The van der Waals surface area contributed by atoms with Crippen LogP contribution in [0.4, 0.5) is 18.0 Å². The Morgan fingerprint density at radius 3 is 2.41 bits per heavy atom. The Morgan fingerprint density at radius 1 is 1.19 bits per heavy atom. The number of amides is 1. The lowest BCUT2D eigenvalue weighted by atomic mass is 10.1. The van der Waals surface area contributed by atoms with E-state index < -0.39 is 29.4 Å². The number of carbonyl (C=O) groups is 2. The topological polar surface area (TPSA) is 80.6 Å². The highest BCUT2D eigenvalue weighted by Crippen LogP contribution is 2.35. The third kappa shape index (κ3) is 5.25. The van der Waals surface area contributed by atoms with Crippen molar-refractivity contribution in [1.29, 1.82) is 0 Å². The van der Waals surface area contributed by atoms with Crippen molar-refractivity contribution in [3.05, 3.63) is 53.3 Å². The van der Waals surface area contributed by atoms with E-state index in [1.807, 2.05) is 0 Å². The Bertz CT molecular complexity index is 851. The molecular formula is C18H19F3N2O4. The summed E-state index contributed by atoms with van der Waals surface area (Å²) in [6, 6.07) is 5.98. The summed E-state index contributed by atoms with van der Waals surface area (Å²) in [7, 11) is 0. The predicted octanol–water partition coefficient (Wildman–Crippen LogP) is 4.22. The Kier molecular flexibility index (Phi) is 5.53. The number of aromatic carboxylic acids is 1. The maximum atomic E-state index is 13.5. The Morgan fingerprint density at radius 2 is 1.85 bits per heavy atom. The molecule has 0 atom stereocenters. The molecule has 9 heteroatoms. The van der Waals surface area contributed by atoms with Gasteiger partial charge < -0.3 is 19.7 Å². The van der Waals surface area contributed by atoms with Crippen LogP contribution in [0.2, 0.25) is 0 Å². The van der Waals surface area contributed by atoms with Gasteiger partial charge in [0.2, 0.25) is 0 Å². The van der Waals surface area contributed by atoms with Gasteiger partial charge in [0.15, 0.2) is 0 Å². The van der Waals surface area contributed by atoms with Crippen LogP contribution in [-0.4, -0.2) is 27.3 Å². The van der Waals surface area contributed by atoms with Gasteiger partial charge >= 0.3 is 18.2 Å². The van der Waals surface area contributed by atoms with Crippen molar-refractivity contribution in [2.45, 2.75) is 39.1 Å². The third-order valence-electron chi connectivity index (χ3n) is 3.43. The maximum Gasteiger partial charge on any atom is 0.418 e. The fraction of sp³-hybridized carbons (Fsp3) is 0.333. The van der Waals surface area contributed by atoms with Crippen LogP contribution in [0, 0.1) is 0 Å². The molecule has 1 aromatic heterocycles. The average Bonchev–Trinajstić information content (AvgIpc) is 3.00. The van der Waals surface area contributed by atoms with E-state index >= 15 is 0 Å². The van der Waals surface area contributed by atoms with Gasteiger partial charge in [-0.1, -0.05) is 6.07 Å². The molecule has 2 aromatic rings. The SMILES string of the molecule is CC(C)(C)OC(=O)NCc1ccc(-n2cccc2C(=O)O)c(C(F)(F)F)c1. The molecule has 0 saturated heterocycles. The van der Waals surface area contributed by atoms with E-state index in [0.29, 0.717) is 0 Å². The number of alkyl carbamates (subject to hydrolysis) is 1. The molecule has 0 saturated carbocycles. The zero-order valence-corrected chi connectivity index (χ0v) is 14.9. The first kappa shape index (κ1) is 20.3. The van der Waals surface area contributed by atoms with Gasteiger partial charge in [-0.3, -0.25) is 0 Å². The van der Waals surface area contributed by atoms with Crippen LogP contribution in [0.3, 0.4) is 0 Å². The molecule has 2 N–H and O–H groups in total. The fourth-order valence-corrected chi connectivity index (χ4v) is 2.38. The monoisotopic (exact) mass is 384 g/mol. The number of hydrogen-bond acceptors (Lipinski definition) is 3. The molecule has 27 heavy (non-hydrogen) atoms. The maximum absolute atomic E-state index is 13.5. The summed E-state index contributed by atoms with van der Waals surface area (Å²) in [4.78, 5) is 22.9. The zero-order chi connectivity index (χ0) is 20.4. The summed E-state index contributed by atoms with van der Waals surface area (Å²) < 4.78 is 46.5. The zero-order valence-electron chi connectivity index (χ0n) is 14.9. The second-order valence-corrected chi connectivity index (χ2v) is 6.77. The van der Waals surface area contributed by atoms with E-state index in [0.717, 1.165) is 10.6 Å². The molecule has 0 aliphatic rings. The van der Waals surface area contributed by atoms with E-state index in [2.05, 4.69) is 5.32 Å². The van der Waals surface area contributed by atoms with Crippen molar-refractivity contribution in [2.75, 3.05) is 0 Å². The van der Waals surface area contributed by atoms with Gasteiger partial charge in [-0.15, -0.1) is 0 Å². The first-order valence-corrected chi connectivity index (χ1v) is 7.96. The second kappa shape index (κ2) is 7.34. The van der Waals surface area contributed by atoms with Gasteiger partial charge in [-0.05, 0) is 50.6 Å². The smallest absolute Gasteiger partial charge is 0.418 e. The molecule has 0 aliphatic carbocycles. The number of carboxylic acid groups (broad SMARTS) is 1. The summed E-state index contributed by atoms with van der Waals surface area (Å²) in [6.45, 7) is 4.83. The van der Waals surface area contributed by atoms with Gasteiger partial charge in [0.25, 0.3) is 0 Å². The summed E-state index contributed by atoms with van der Waals surface area (Å²) in [5.74, 6) is -1.34. The molecule has 0 bridgehead atoms. The van der Waals surface area contributed by atoms with Crippen molar-refractivity contribution < 1.29 is 32.6 Å². The largest absolute Gasteiger partial charge is 0.477 e. The van der Waals surface area contributed by atoms with Crippen LogP contribution in [0.1, 0.15) is 42.4 Å². The number of carboxylic acids is 1. The Balaban J connectivity index is 2.33. The first-order valence-electron chi connectivity index (χ1n) is 7.96. The molecule has 1 aromatic carbocycles. The van der Waals surface area contributed by atoms with Gasteiger partial charge in [0.05, 0.1) is 11.3 Å². The summed E-state index contributed by atoms with van der Waals surface area (Å²) in [6.07, 6.45) is -4.22. The second-order valence-electron chi connectivity index (χ2n) is 6.77. The molecule has 0 aliphatic heterocycles. The van der Waals surface area contributed by atoms with Crippen LogP contribution in [0.25, 0.3) is 5.69 Å². The standard InChI is InChI=1S/C18H19F3N2O4/c1-17(2,3)27-16(26)22-10-11-6-7-13(12(9-11)18(19,20)21)23-8-4-5-14(23)15(24)25/h4-9H,10H2,1-3H3,(H,22,26)(H,24,25). The van der Waals surface area contributed by atoms with Crippen LogP contribution in [-0.2, 0) is 17.5 Å². The molecule has 0 spiro atoms. The lowest BCUT2D eigenvalue weighted by Gasteiger charge is -2.20. The van der Waals surface area contributed by atoms with Gasteiger partial charge in [-0.25, -0.2) is 9.59 Å². The van der Waals surface area contributed by atoms with Crippen molar-refractivity contribution in [3.8, 4) is 5.69 Å². The minimum atomic E-state index is -4.71. The number of benzene rings is 1.